The van der Waals surface area contributed by atoms with Crippen molar-refractivity contribution in [3.63, 3.8) is 0 Å². The summed E-state index contributed by atoms with van der Waals surface area (Å²) < 4.78 is 0. The first-order valence-electron chi connectivity index (χ1n) is 13.1. The van der Waals surface area contributed by atoms with E-state index in [1.54, 1.807) is 4.90 Å². The van der Waals surface area contributed by atoms with Crippen molar-refractivity contribution >= 4 is 17.7 Å². The zero-order valence-corrected chi connectivity index (χ0v) is 20.2. The van der Waals surface area contributed by atoms with E-state index in [2.05, 4.69) is 10.6 Å². The highest BCUT2D eigenvalue weighted by molar-refractivity contribution is 5.93. The molecule has 0 spiro atoms. The number of nitrogens with zero attached hydrogens (tertiary/aromatic N) is 1. The van der Waals surface area contributed by atoms with E-state index in [4.69, 9.17) is 5.73 Å². The summed E-state index contributed by atoms with van der Waals surface area (Å²) in [4.78, 5) is 40.9. The molecule has 184 valence electrons. The van der Waals surface area contributed by atoms with Gasteiger partial charge in [0.15, 0.2) is 0 Å². The maximum atomic E-state index is 13.6. The molecule has 34 heavy (non-hydrogen) atoms. The molecule has 3 amide bonds. The summed E-state index contributed by atoms with van der Waals surface area (Å²) >= 11 is 0. The van der Waals surface area contributed by atoms with Crippen molar-refractivity contribution in [2.24, 2.45) is 29.4 Å². The Morgan fingerprint density at radius 3 is 2.29 bits per heavy atom. The fourth-order valence-corrected chi connectivity index (χ4v) is 7.34. The SMILES string of the molecule is Cc1ccc(C[C@H](NC(=O)CN)C(=O)N2CCC[C@@H]2C(=O)NC2C3CC4CC(C3)CC2C4)cc1. The minimum Gasteiger partial charge on any atom is -0.351 e. The zero-order chi connectivity index (χ0) is 23.8. The molecule has 5 fully saturated rings. The molecule has 1 aromatic rings. The van der Waals surface area contributed by atoms with Crippen molar-refractivity contribution in [2.75, 3.05) is 13.1 Å². The highest BCUT2D eigenvalue weighted by Gasteiger charge is 2.49. The van der Waals surface area contributed by atoms with Crippen LogP contribution in [0.25, 0.3) is 0 Å². The summed E-state index contributed by atoms with van der Waals surface area (Å²) in [5, 5.41) is 6.20. The molecule has 2 atom stereocenters. The van der Waals surface area contributed by atoms with Crippen LogP contribution in [0.3, 0.4) is 0 Å². The molecule has 0 unspecified atom stereocenters. The van der Waals surface area contributed by atoms with Crippen LogP contribution in [-0.4, -0.2) is 53.8 Å². The Morgan fingerprint density at radius 1 is 1.03 bits per heavy atom. The number of likely N-dealkylation sites (tertiary alicyclic amines) is 1. The third kappa shape index (κ3) is 4.72. The minimum atomic E-state index is -0.728. The van der Waals surface area contributed by atoms with Crippen LogP contribution < -0.4 is 16.4 Å². The molecule has 4 saturated carbocycles. The monoisotopic (exact) mass is 466 g/mol. The van der Waals surface area contributed by atoms with Crippen LogP contribution in [0.15, 0.2) is 24.3 Å². The Morgan fingerprint density at radius 2 is 1.68 bits per heavy atom. The number of rotatable bonds is 7. The number of carbonyl (C=O) groups is 3. The summed E-state index contributed by atoms with van der Waals surface area (Å²) in [5.74, 6) is 2.35. The average Bonchev–Trinajstić information content (AvgIpc) is 3.31. The molecule has 7 nitrogen and oxygen atoms in total. The average molecular weight is 467 g/mol. The second-order valence-electron chi connectivity index (χ2n) is 11.2. The molecule has 4 bridgehead atoms. The highest BCUT2D eigenvalue weighted by atomic mass is 16.2. The summed E-state index contributed by atoms with van der Waals surface area (Å²) in [5.41, 5.74) is 7.63. The Balaban J connectivity index is 1.27. The number of hydrogen-bond donors (Lipinski definition) is 3. The number of benzene rings is 1. The lowest BCUT2D eigenvalue weighted by atomic mass is 9.54. The lowest BCUT2D eigenvalue weighted by Gasteiger charge is -2.54. The lowest BCUT2D eigenvalue weighted by molar-refractivity contribution is -0.142. The number of aryl methyl sites for hydroxylation is 1. The molecule has 1 aromatic carbocycles. The first kappa shape index (κ1) is 23.3. The van der Waals surface area contributed by atoms with E-state index >= 15 is 0 Å². The maximum Gasteiger partial charge on any atom is 0.246 e. The fraction of sp³-hybridized carbons (Fsp3) is 0.667. The molecule has 4 N–H and O–H groups in total. The molecule has 7 heteroatoms. The van der Waals surface area contributed by atoms with Crippen LogP contribution >= 0.6 is 0 Å². The van der Waals surface area contributed by atoms with Crippen molar-refractivity contribution in [3.05, 3.63) is 35.4 Å². The Labute approximate surface area is 202 Å². The topological polar surface area (TPSA) is 105 Å². The number of carbonyl (C=O) groups excluding carboxylic acids is 3. The van der Waals surface area contributed by atoms with E-state index in [1.165, 1.54) is 32.1 Å². The highest BCUT2D eigenvalue weighted by Crippen LogP contribution is 2.53. The lowest BCUT2D eigenvalue weighted by Crippen LogP contribution is -2.60. The van der Waals surface area contributed by atoms with Crippen molar-refractivity contribution in [1.82, 2.24) is 15.5 Å². The van der Waals surface area contributed by atoms with Crippen molar-refractivity contribution in [1.29, 1.82) is 0 Å². The van der Waals surface area contributed by atoms with E-state index in [-0.39, 0.29) is 30.3 Å². The molecule has 4 aliphatic carbocycles. The maximum absolute atomic E-state index is 13.6. The predicted octanol–water partition coefficient (Wildman–Crippen LogP) is 1.91. The van der Waals surface area contributed by atoms with Gasteiger partial charge in [-0.05, 0) is 81.1 Å². The van der Waals surface area contributed by atoms with Gasteiger partial charge in [-0.15, -0.1) is 0 Å². The van der Waals surface area contributed by atoms with Gasteiger partial charge in [0, 0.05) is 19.0 Å². The molecule has 1 heterocycles. The van der Waals surface area contributed by atoms with E-state index in [0.717, 1.165) is 29.4 Å². The third-order valence-corrected chi connectivity index (χ3v) is 8.75. The third-order valence-electron chi connectivity index (χ3n) is 8.75. The van der Waals surface area contributed by atoms with Crippen molar-refractivity contribution in [3.8, 4) is 0 Å². The van der Waals surface area contributed by atoms with Gasteiger partial charge in [0.05, 0.1) is 6.54 Å². The zero-order valence-electron chi connectivity index (χ0n) is 20.2. The second-order valence-corrected chi connectivity index (χ2v) is 11.2. The van der Waals surface area contributed by atoms with Crippen LogP contribution in [0.5, 0.6) is 0 Å². The van der Waals surface area contributed by atoms with E-state index in [0.29, 0.717) is 31.2 Å². The van der Waals surface area contributed by atoms with Gasteiger partial charge >= 0.3 is 0 Å². The minimum absolute atomic E-state index is 0.0115. The molecule has 0 radical (unpaired) electrons. The fourth-order valence-electron chi connectivity index (χ4n) is 7.34. The number of hydrogen-bond acceptors (Lipinski definition) is 4. The molecule has 1 saturated heterocycles. The van der Waals surface area contributed by atoms with E-state index in [1.807, 2.05) is 31.2 Å². The largest absolute Gasteiger partial charge is 0.351 e. The Kier molecular flexibility index (Phi) is 6.65. The summed E-state index contributed by atoms with van der Waals surface area (Å²) in [6.45, 7) is 2.38. The number of amides is 3. The molecule has 6 rings (SSSR count). The molecular formula is C27H38N4O3. The summed E-state index contributed by atoms with van der Waals surface area (Å²) in [7, 11) is 0. The quantitative estimate of drug-likeness (QED) is 0.571. The molecular weight excluding hydrogens is 428 g/mol. The van der Waals surface area contributed by atoms with Gasteiger partial charge in [-0.2, -0.15) is 0 Å². The Bertz CT molecular complexity index is 902. The smallest absolute Gasteiger partial charge is 0.246 e. The van der Waals surface area contributed by atoms with Gasteiger partial charge in [0.2, 0.25) is 17.7 Å². The second kappa shape index (κ2) is 9.68. The van der Waals surface area contributed by atoms with Crippen LogP contribution in [0.1, 0.15) is 56.1 Å². The van der Waals surface area contributed by atoms with Gasteiger partial charge in [-0.25, -0.2) is 0 Å². The predicted molar refractivity (Wildman–Crippen MR) is 130 cm³/mol. The van der Waals surface area contributed by atoms with Crippen molar-refractivity contribution < 1.29 is 14.4 Å². The summed E-state index contributed by atoms with van der Waals surface area (Å²) in [6, 6.07) is 7.03. The van der Waals surface area contributed by atoms with Crippen LogP contribution in [0.2, 0.25) is 0 Å². The molecule has 1 aliphatic heterocycles. The first-order valence-corrected chi connectivity index (χ1v) is 13.1. The summed E-state index contributed by atoms with van der Waals surface area (Å²) in [6.07, 6.45) is 8.22. The van der Waals surface area contributed by atoms with Crippen LogP contribution in [0, 0.1) is 30.6 Å². The standard InChI is InChI=1S/C27H38N4O3/c1-16-4-6-17(7-5-16)14-22(29-24(32)15-28)27(34)31-8-2-3-23(31)26(33)30-25-20-10-18-9-19(12-20)13-21(25)11-18/h4-7,18-23,25H,2-3,8-15,28H2,1H3,(H,29,32)(H,30,33)/t18?,19?,20?,21?,22-,23+,25?/m0/s1. The number of nitrogens with one attached hydrogen (secondary N) is 2. The van der Waals surface area contributed by atoms with Crippen LogP contribution in [0.4, 0.5) is 0 Å². The van der Waals surface area contributed by atoms with Crippen molar-refractivity contribution in [2.45, 2.75) is 76.4 Å². The van der Waals surface area contributed by atoms with E-state index < -0.39 is 12.1 Å². The first-order chi connectivity index (χ1) is 16.4. The van der Waals surface area contributed by atoms with Gasteiger partial charge < -0.3 is 21.3 Å². The van der Waals surface area contributed by atoms with Gasteiger partial charge in [0.1, 0.15) is 12.1 Å². The normalized spacial score (nSPS) is 32.5. The number of nitrogens with two attached hydrogens (primary N) is 1. The van der Waals surface area contributed by atoms with Crippen LogP contribution in [-0.2, 0) is 20.8 Å². The van der Waals surface area contributed by atoms with Gasteiger partial charge in [-0.1, -0.05) is 29.8 Å². The Hall–Kier alpha value is -2.41. The van der Waals surface area contributed by atoms with E-state index in [9.17, 15) is 14.4 Å². The molecule has 5 aliphatic rings. The molecule has 0 aromatic heterocycles. The van der Waals surface area contributed by atoms with Gasteiger partial charge in [0.25, 0.3) is 0 Å². The van der Waals surface area contributed by atoms with Gasteiger partial charge in [-0.3, -0.25) is 14.4 Å².